The molecule has 116 valence electrons. The number of rotatable bonds is 4. The van der Waals surface area contributed by atoms with Crippen molar-refractivity contribution in [3.05, 3.63) is 17.5 Å². The Kier molecular flexibility index (Phi) is 4.04. The van der Waals surface area contributed by atoms with Gasteiger partial charge in [-0.1, -0.05) is 6.07 Å². The molecule has 1 amide bonds. The lowest BCUT2D eigenvalue weighted by Crippen LogP contribution is -2.40. The van der Waals surface area contributed by atoms with Gasteiger partial charge in [0.25, 0.3) is 10.0 Å². The summed E-state index contributed by atoms with van der Waals surface area (Å²) in [4.78, 5) is 13.9. The van der Waals surface area contributed by atoms with Crippen LogP contribution in [0.5, 0.6) is 0 Å². The zero-order valence-corrected chi connectivity index (χ0v) is 13.2. The Morgan fingerprint density at radius 3 is 2.90 bits per heavy atom. The molecule has 1 aliphatic carbocycles. The minimum Gasteiger partial charge on any atom is -0.341 e. The third-order valence-corrected chi connectivity index (χ3v) is 7.24. The highest BCUT2D eigenvalue weighted by molar-refractivity contribution is 7.91. The second-order valence-electron chi connectivity index (χ2n) is 5.72. The predicted octanol–water partition coefficient (Wildman–Crippen LogP) is 0.222. The highest BCUT2D eigenvalue weighted by Crippen LogP contribution is 2.37. The molecular formula is C13H19N3O3S2. The third-order valence-electron chi connectivity index (χ3n) is 4.44. The van der Waals surface area contributed by atoms with Crippen molar-refractivity contribution in [2.24, 2.45) is 17.6 Å². The van der Waals surface area contributed by atoms with Crippen LogP contribution in [0.1, 0.15) is 12.8 Å². The number of hydrogen-bond acceptors (Lipinski definition) is 5. The number of nitrogens with zero attached hydrogens (tertiary/aromatic N) is 1. The van der Waals surface area contributed by atoms with Gasteiger partial charge in [0.2, 0.25) is 5.91 Å². The fourth-order valence-corrected chi connectivity index (χ4v) is 5.28. The summed E-state index contributed by atoms with van der Waals surface area (Å²) in [6.07, 6.45) is 2.10. The molecule has 21 heavy (non-hydrogen) atoms. The molecule has 2 fully saturated rings. The Morgan fingerprint density at radius 2 is 2.24 bits per heavy atom. The molecule has 3 rings (SSSR count). The van der Waals surface area contributed by atoms with Gasteiger partial charge in [0.1, 0.15) is 4.21 Å². The van der Waals surface area contributed by atoms with Crippen LogP contribution in [0, 0.1) is 11.8 Å². The SMILES string of the molecule is NC1CCC2CN(C(=O)CNS(=O)(=O)c3cccs3)CC12. The summed E-state index contributed by atoms with van der Waals surface area (Å²) in [6, 6.07) is 3.37. The summed E-state index contributed by atoms with van der Waals surface area (Å²) in [6.45, 7) is 1.18. The van der Waals surface area contributed by atoms with Gasteiger partial charge >= 0.3 is 0 Å². The van der Waals surface area contributed by atoms with Crippen molar-refractivity contribution in [3.63, 3.8) is 0 Å². The van der Waals surface area contributed by atoms with Gasteiger partial charge in [-0.2, -0.15) is 0 Å². The van der Waals surface area contributed by atoms with Gasteiger partial charge in [-0.3, -0.25) is 4.79 Å². The molecule has 0 radical (unpaired) electrons. The van der Waals surface area contributed by atoms with Crippen LogP contribution in [0.15, 0.2) is 21.7 Å². The first-order valence-corrected chi connectivity index (χ1v) is 9.40. The molecule has 3 N–H and O–H groups in total. The summed E-state index contributed by atoms with van der Waals surface area (Å²) >= 11 is 1.14. The highest BCUT2D eigenvalue weighted by atomic mass is 32.2. The molecule has 3 atom stereocenters. The second kappa shape index (κ2) is 5.68. The number of thiophene rings is 1. The molecule has 0 bridgehead atoms. The number of likely N-dealkylation sites (tertiary alicyclic amines) is 1. The van der Waals surface area contributed by atoms with E-state index < -0.39 is 10.0 Å². The van der Waals surface area contributed by atoms with Crippen molar-refractivity contribution >= 4 is 27.3 Å². The van der Waals surface area contributed by atoms with E-state index in [2.05, 4.69) is 4.72 Å². The molecule has 1 saturated carbocycles. The standard InChI is InChI=1S/C13H19N3O3S2/c14-11-4-3-9-7-16(8-10(9)11)12(17)6-15-21(18,19)13-2-1-5-20-13/h1-2,5,9-11,15H,3-4,6-8,14H2. The van der Waals surface area contributed by atoms with E-state index >= 15 is 0 Å². The van der Waals surface area contributed by atoms with Crippen molar-refractivity contribution < 1.29 is 13.2 Å². The van der Waals surface area contributed by atoms with E-state index in [1.807, 2.05) is 0 Å². The van der Waals surface area contributed by atoms with Crippen molar-refractivity contribution in [3.8, 4) is 0 Å². The van der Waals surface area contributed by atoms with Crippen LogP contribution in [0.3, 0.4) is 0 Å². The Balaban J connectivity index is 1.56. The summed E-state index contributed by atoms with van der Waals surface area (Å²) in [7, 11) is -3.57. The fraction of sp³-hybridized carbons (Fsp3) is 0.615. The van der Waals surface area contributed by atoms with E-state index in [0.717, 1.165) is 24.2 Å². The maximum absolute atomic E-state index is 12.2. The molecule has 1 saturated heterocycles. The minimum absolute atomic E-state index is 0.170. The van der Waals surface area contributed by atoms with Gasteiger partial charge in [-0.05, 0) is 36.1 Å². The Bertz CT molecular complexity index is 615. The predicted molar refractivity (Wildman–Crippen MR) is 80.3 cm³/mol. The quantitative estimate of drug-likeness (QED) is 0.826. The highest BCUT2D eigenvalue weighted by Gasteiger charge is 2.42. The number of fused-ring (bicyclic) bond motifs is 1. The summed E-state index contributed by atoms with van der Waals surface area (Å²) in [5, 5.41) is 1.69. The van der Waals surface area contributed by atoms with E-state index in [0.29, 0.717) is 24.9 Å². The Hall–Kier alpha value is -0.960. The van der Waals surface area contributed by atoms with Crippen LogP contribution in [0.2, 0.25) is 0 Å². The van der Waals surface area contributed by atoms with Gasteiger partial charge in [0, 0.05) is 19.1 Å². The summed E-state index contributed by atoms with van der Waals surface area (Å²) < 4.78 is 26.5. The second-order valence-corrected chi connectivity index (χ2v) is 8.66. The molecule has 2 heterocycles. The van der Waals surface area contributed by atoms with E-state index in [1.54, 1.807) is 16.3 Å². The number of carbonyl (C=O) groups excluding carboxylic acids is 1. The van der Waals surface area contributed by atoms with Crippen molar-refractivity contribution in [1.82, 2.24) is 9.62 Å². The normalized spacial score (nSPS) is 28.8. The Morgan fingerprint density at radius 1 is 1.43 bits per heavy atom. The topological polar surface area (TPSA) is 92.5 Å². The average molecular weight is 329 g/mol. The molecule has 8 heteroatoms. The summed E-state index contributed by atoms with van der Waals surface area (Å²) in [5.41, 5.74) is 6.04. The lowest BCUT2D eigenvalue weighted by molar-refractivity contribution is -0.129. The molecule has 1 aliphatic heterocycles. The first-order chi connectivity index (χ1) is 9.97. The van der Waals surface area contributed by atoms with Gasteiger partial charge in [0.15, 0.2) is 0 Å². The number of amides is 1. The van der Waals surface area contributed by atoms with Crippen molar-refractivity contribution in [2.75, 3.05) is 19.6 Å². The van der Waals surface area contributed by atoms with Crippen LogP contribution in [0.4, 0.5) is 0 Å². The first kappa shape index (κ1) is 15.0. The van der Waals surface area contributed by atoms with Gasteiger partial charge < -0.3 is 10.6 Å². The molecule has 0 spiro atoms. The van der Waals surface area contributed by atoms with E-state index in [4.69, 9.17) is 5.73 Å². The number of nitrogens with one attached hydrogen (secondary N) is 1. The van der Waals surface area contributed by atoms with Crippen molar-refractivity contribution in [2.45, 2.75) is 23.1 Å². The van der Waals surface area contributed by atoms with Gasteiger partial charge in [-0.15, -0.1) is 11.3 Å². The van der Waals surface area contributed by atoms with E-state index in [1.165, 1.54) is 6.07 Å². The first-order valence-electron chi connectivity index (χ1n) is 7.04. The van der Waals surface area contributed by atoms with Crippen LogP contribution >= 0.6 is 11.3 Å². The van der Waals surface area contributed by atoms with Crippen LogP contribution in [-0.4, -0.2) is 44.9 Å². The van der Waals surface area contributed by atoms with E-state index in [9.17, 15) is 13.2 Å². The van der Waals surface area contributed by atoms with Gasteiger partial charge in [0.05, 0.1) is 6.54 Å². The maximum atomic E-state index is 12.2. The molecule has 6 nitrogen and oxygen atoms in total. The molecule has 0 aromatic carbocycles. The summed E-state index contributed by atoms with van der Waals surface area (Å²) in [5.74, 6) is 0.692. The molecule has 2 aliphatic rings. The third kappa shape index (κ3) is 2.98. The Labute approximate surface area is 128 Å². The van der Waals surface area contributed by atoms with Crippen LogP contribution in [0.25, 0.3) is 0 Å². The smallest absolute Gasteiger partial charge is 0.250 e. The minimum atomic E-state index is -3.57. The molecule has 1 aromatic heterocycles. The molecule has 3 unspecified atom stereocenters. The van der Waals surface area contributed by atoms with E-state index in [-0.39, 0.29) is 22.7 Å². The number of nitrogens with two attached hydrogens (primary N) is 1. The lowest BCUT2D eigenvalue weighted by Gasteiger charge is -2.18. The molecular weight excluding hydrogens is 310 g/mol. The zero-order chi connectivity index (χ0) is 15.0. The fourth-order valence-electron chi connectivity index (χ4n) is 3.27. The monoisotopic (exact) mass is 329 g/mol. The largest absolute Gasteiger partial charge is 0.341 e. The molecule has 1 aromatic rings. The van der Waals surface area contributed by atoms with Gasteiger partial charge in [-0.25, -0.2) is 13.1 Å². The lowest BCUT2D eigenvalue weighted by atomic mass is 9.98. The number of sulfonamides is 1. The number of carbonyl (C=O) groups is 1. The van der Waals surface area contributed by atoms with Crippen LogP contribution < -0.4 is 10.5 Å². The maximum Gasteiger partial charge on any atom is 0.250 e. The van der Waals surface area contributed by atoms with Crippen LogP contribution in [-0.2, 0) is 14.8 Å². The number of hydrogen-bond donors (Lipinski definition) is 2. The average Bonchev–Trinajstić information content (AvgIpc) is 3.14. The zero-order valence-electron chi connectivity index (χ0n) is 11.6. The van der Waals surface area contributed by atoms with Crippen molar-refractivity contribution in [1.29, 1.82) is 0 Å².